The Morgan fingerprint density at radius 2 is 1.67 bits per heavy atom. The molecule has 4 aromatic rings. The summed E-state index contributed by atoms with van der Waals surface area (Å²) in [5.41, 5.74) is 4.16. The average Bonchev–Trinajstić information content (AvgIpc) is 2.84. The van der Waals surface area contributed by atoms with Crippen molar-refractivity contribution in [1.82, 2.24) is 5.43 Å². The lowest BCUT2D eigenvalue weighted by molar-refractivity contribution is -0.119. The number of halogens is 1. The summed E-state index contributed by atoms with van der Waals surface area (Å²) in [6.45, 7) is 0.0698. The molecule has 6 nitrogen and oxygen atoms in total. The van der Waals surface area contributed by atoms with Crippen molar-refractivity contribution in [3.05, 3.63) is 108 Å². The van der Waals surface area contributed by atoms with Crippen molar-refractivity contribution in [1.29, 1.82) is 0 Å². The van der Waals surface area contributed by atoms with E-state index in [1.165, 1.54) is 24.4 Å². The zero-order chi connectivity index (χ0) is 23.0. The SMILES string of the molecule is O=C(CNc1cccc2ccccc12)N/N=C\c1ccc(OC(=O)c2cccc(F)c2)cc1. The number of rotatable bonds is 7. The Bertz CT molecular complexity index is 1310. The largest absolute Gasteiger partial charge is 0.423 e. The van der Waals surface area contributed by atoms with Crippen LogP contribution in [-0.4, -0.2) is 24.6 Å². The molecule has 0 aliphatic rings. The molecule has 4 rings (SSSR count). The predicted molar refractivity (Wildman–Crippen MR) is 126 cm³/mol. The van der Waals surface area contributed by atoms with Gasteiger partial charge in [0.25, 0.3) is 5.91 Å². The maximum absolute atomic E-state index is 13.2. The van der Waals surface area contributed by atoms with Crippen molar-refractivity contribution >= 4 is 34.6 Å². The fourth-order valence-electron chi connectivity index (χ4n) is 3.18. The van der Waals surface area contributed by atoms with E-state index in [4.69, 9.17) is 4.74 Å². The third-order valence-corrected chi connectivity index (χ3v) is 4.78. The van der Waals surface area contributed by atoms with Crippen LogP contribution >= 0.6 is 0 Å². The Morgan fingerprint density at radius 1 is 0.909 bits per heavy atom. The van der Waals surface area contributed by atoms with E-state index in [0.717, 1.165) is 22.5 Å². The smallest absolute Gasteiger partial charge is 0.343 e. The molecule has 0 saturated heterocycles. The highest BCUT2D eigenvalue weighted by atomic mass is 19.1. The van der Waals surface area contributed by atoms with Crippen LogP contribution in [-0.2, 0) is 4.79 Å². The summed E-state index contributed by atoms with van der Waals surface area (Å²) in [6.07, 6.45) is 1.48. The van der Waals surface area contributed by atoms with Gasteiger partial charge in [-0.3, -0.25) is 4.79 Å². The first-order valence-electron chi connectivity index (χ1n) is 10.2. The van der Waals surface area contributed by atoms with Gasteiger partial charge in [0.15, 0.2) is 0 Å². The number of benzene rings is 4. The van der Waals surface area contributed by atoms with Gasteiger partial charge in [0.05, 0.1) is 18.3 Å². The number of nitrogens with zero attached hydrogens (tertiary/aromatic N) is 1. The number of hydrogen-bond donors (Lipinski definition) is 2. The number of esters is 1. The molecule has 7 heteroatoms. The van der Waals surface area contributed by atoms with Gasteiger partial charge in [-0.25, -0.2) is 14.6 Å². The number of fused-ring (bicyclic) bond motifs is 1. The van der Waals surface area contributed by atoms with Gasteiger partial charge < -0.3 is 10.1 Å². The van der Waals surface area contributed by atoms with Crippen LogP contribution in [0.25, 0.3) is 10.8 Å². The molecular formula is C26H20FN3O3. The standard InChI is InChI=1S/C26H20FN3O3/c27-21-8-3-7-20(15-21)26(32)33-22-13-11-18(12-14-22)16-29-30-25(31)17-28-24-10-4-6-19-5-1-2-9-23(19)24/h1-16,28H,17H2,(H,30,31)/b29-16-. The molecule has 0 heterocycles. The van der Waals surface area contributed by atoms with Gasteiger partial charge in [-0.15, -0.1) is 0 Å². The number of ether oxygens (including phenoxy) is 1. The van der Waals surface area contributed by atoms with Crippen molar-refractivity contribution in [2.75, 3.05) is 11.9 Å². The maximum atomic E-state index is 13.2. The number of carbonyl (C=O) groups excluding carboxylic acids is 2. The minimum atomic E-state index is -0.651. The molecule has 0 spiro atoms. The van der Waals surface area contributed by atoms with E-state index in [1.807, 2.05) is 42.5 Å². The van der Waals surface area contributed by atoms with E-state index in [1.54, 1.807) is 24.3 Å². The van der Waals surface area contributed by atoms with E-state index in [9.17, 15) is 14.0 Å². The van der Waals surface area contributed by atoms with Gasteiger partial charge >= 0.3 is 5.97 Å². The minimum absolute atomic E-state index is 0.0698. The second-order valence-corrected chi connectivity index (χ2v) is 7.14. The quantitative estimate of drug-likeness (QED) is 0.188. The molecule has 4 aromatic carbocycles. The average molecular weight is 441 g/mol. The molecule has 164 valence electrons. The number of anilines is 1. The Morgan fingerprint density at radius 3 is 2.48 bits per heavy atom. The topological polar surface area (TPSA) is 79.8 Å². The zero-order valence-corrected chi connectivity index (χ0v) is 17.5. The van der Waals surface area contributed by atoms with Crippen LogP contribution in [0.1, 0.15) is 15.9 Å². The highest BCUT2D eigenvalue weighted by Gasteiger charge is 2.09. The first-order valence-corrected chi connectivity index (χ1v) is 10.2. The number of nitrogens with one attached hydrogen (secondary N) is 2. The van der Waals surface area contributed by atoms with Crippen molar-refractivity contribution in [3.63, 3.8) is 0 Å². The highest BCUT2D eigenvalue weighted by molar-refractivity contribution is 5.95. The Kier molecular flexibility index (Phi) is 6.70. The molecule has 0 atom stereocenters. The van der Waals surface area contributed by atoms with E-state index in [0.29, 0.717) is 11.3 Å². The van der Waals surface area contributed by atoms with Crippen LogP contribution in [0.4, 0.5) is 10.1 Å². The first-order chi connectivity index (χ1) is 16.1. The van der Waals surface area contributed by atoms with Crippen molar-refractivity contribution < 1.29 is 18.7 Å². The van der Waals surface area contributed by atoms with E-state index < -0.39 is 11.8 Å². The Labute approximate surface area is 189 Å². The number of carbonyl (C=O) groups is 2. The van der Waals surface area contributed by atoms with Crippen molar-refractivity contribution in [3.8, 4) is 5.75 Å². The second kappa shape index (κ2) is 10.2. The summed E-state index contributed by atoms with van der Waals surface area (Å²) in [7, 11) is 0. The van der Waals surface area contributed by atoms with Gasteiger partial charge in [-0.05, 0) is 59.5 Å². The molecule has 0 fully saturated rings. The monoisotopic (exact) mass is 441 g/mol. The van der Waals surface area contributed by atoms with Gasteiger partial charge in [-0.1, -0.05) is 42.5 Å². The molecule has 33 heavy (non-hydrogen) atoms. The fourth-order valence-corrected chi connectivity index (χ4v) is 3.18. The minimum Gasteiger partial charge on any atom is -0.423 e. The van der Waals surface area contributed by atoms with Crippen molar-refractivity contribution in [2.24, 2.45) is 5.10 Å². The summed E-state index contributed by atoms with van der Waals surface area (Å²) < 4.78 is 18.5. The van der Waals surface area contributed by atoms with Crippen molar-refractivity contribution in [2.45, 2.75) is 0 Å². The fraction of sp³-hybridized carbons (Fsp3) is 0.0385. The molecule has 0 aliphatic carbocycles. The van der Waals surface area contributed by atoms with Gasteiger partial charge in [0.2, 0.25) is 0 Å². The number of hydrazone groups is 1. The van der Waals surface area contributed by atoms with Crippen LogP contribution in [0, 0.1) is 5.82 Å². The molecule has 0 radical (unpaired) electrons. The third kappa shape index (κ3) is 5.80. The van der Waals surface area contributed by atoms with Crippen LogP contribution in [0.3, 0.4) is 0 Å². The lowest BCUT2D eigenvalue weighted by Gasteiger charge is -2.08. The number of hydrogen-bond acceptors (Lipinski definition) is 5. The molecule has 2 N–H and O–H groups in total. The third-order valence-electron chi connectivity index (χ3n) is 4.78. The zero-order valence-electron chi connectivity index (χ0n) is 17.5. The van der Waals surface area contributed by atoms with Crippen LogP contribution in [0.15, 0.2) is 96.1 Å². The molecule has 1 amide bonds. The second-order valence-electron chi connectivity index (χ2n) is 7.14. The molecule has 0 bridgehead atoms. The Balaban J connectivity index is 1.27. The Hall–Kier alpha value is -4.52. The van der Waals surface area contributed by atoms with E-state index in [2.05, 4.69) is 15.8 Å². The molecule has 0 saturated carbocycles. The van der Waals surface area contributed by atoms with Crippen LogP contribution in [0.2, 0.25) is 0 Å². The van der Waals surface area contributed by atoms with E-state index in [-0.39, 0.29) is 18.0 Å². The summed E-state index contributed by atoms with van der Waals surface area (Å²) in [5.74, 6) is -1.14. The van der Waals surface area contributed by atoms with E-state index >= 15 is 0 Å². The van der Waals surface area contributed by atoms with Gasteiger partial charge in [0.1, 0.15) is 11.6 Å². The van der Waals surface area contributed by atoms with Crippen LogP contribution in [0.5, 0.6) is 5.75 Å². The van der Waals surface area contributed by atoms with Gasteiger partial charge in [0, 0.05) is 11.1 Å². The predicted octanol–water partition coefficient (Wildman–Crippen LogP) is 4.76. The first kappa shape index (κ1) is 21.7. The molecule has 0 aromatic heterocycles. The molecular weight excluding hydrogens is 421 g/mol. The summed E-state index contributed by atoms with van der Waals surface area (Å²) in [5, 5.41) is 9.20. The normalized spacial score (nSPS) is 10.8. The van der Waals surface area contributed by atoms with Crippen LogP contribution < -0.4 is 15.5 Å². The van der Waals surface area contributed by atoms with Gasteiger partial charge in [-0.2, -0.15) is 5.10 Å². The summed E-state index contributed by atoms with van der Waals surface area (Å²) in [6, 6.07) is 25.6. The summed E-state index contributed by atoms with van der Waals surface area (Å²) >= 11 is 0. The lowest BCUT2D eigenvalue weighted by atomic mass is 10.1. The molecule has 0 unspecified atom stereocenters. The lowest BCUT2D eigenvalue weighted by Crippen LogP contribution is -2.25. The number of amides is 1. The molecule has 0 aliphatic heterocycles. The highest BCUT2D eigenvalue weighted by Crippen LogP contribution is 2.22. The summed E-state index contributed by atoms with van der Waals surface area (Å²) in [4.78, 5) is 24.2. The maximum Gasteiger partial charge on any atom is 0.343 e.